The van der Waals surface area contributed by atoms with Crippen LogP contribution in [0.4, 0.5) is 0 Å². The number of carbonyl (C=O) groups is 1. The van der Waals surface area contributed by atoms with E-state index in [0.717, 1.165) is 35.9 Å². The zero-order valence-electron chi connectivity index (χ0n) is 26.2. The van der Waals surface area contributed by atoms with Crippen LogP contribution in [-0.4, -0.2) is 29.0 Å². The Balaban J connectivity index is 1.64. The quantitative estimate of drug-likeness (QED) is 0.199. The molecule has 2 fully saturated rings. The van der Waals surface area contributed by atoms with E-state index < -0.39 is 16.6 Å². The van der Waals surface area contributed by atoms with Crippen molar-refractivity contribution in [3.05, 3.63) is 34.9 Å². The van der Waals surface area contributed by atoms with Crippen LogP contribution in [0.3, 0.4) is 0 Å². The van der Waals surface area contributed by atoms with Gasteiger partial charge in [0.2, 0.25) is 0 Å². The van der Waals surface area contributed by atoms with E-state index >= 15 is 0 Å². The molecule has 2 saturated carbocycles. The SMILES string of the molecule is CC(C)(C)[Si](C)(C)Oc1cc2c(cc1/C=C/C=O)[C@H]1CC[C@]3(C)[C@@H](O[Si](C)(C)C(C)(C)C)CC[C@H]3[C@@H]1CC2. The second kappa shape index (κ2) is 10.0. The fraction of sp³-hybridized carbons (Fsp3) is 0.727. The van der Waals surface area contributed by atoms with Crippen LogP contribution < -0.4 is 4.43 Å². The number of aldehydes is 1. The topological polar surface area (TPSA) is 35.5 Å². The average Bonchev–Trinajstić information content (AvgIpc) is 3.11. The molecule has 4 rings (SSSR count). The van der Waals surface area contributed by atoms with Gasteiger partial charge in [-0.3, -0.25) is 4.79 Å². The summed E-state index contributed by atoms with van der Waals surface area (Å²) >= 11 is 0. The van der Waals surface area contributed by atoms with Crippen molar-refractivity contribution in [2.75, 3.05) is 0 Å². The van der Waals surface area contributed by atoms with Crippen molar-refractivity contribution in [2.45, 2.75) is 135 Å². The molecule has 0 heterocycles. The molecular weight excluding hydrogens is 501 g/mol. The summed E-state index contributed by atoms with van der Waals surface area (Å²) in [7, 11) is -3.80. The van der Waals surface area contributed by atoms with E-state index in [1.54, 1.807) is 6.08 Å². The van der Waals surface area contributed by atoms with Crippen molar-refractivity contribution in [1.82, 2.24) is 0 Å². The molecular formula is C33H54O3Si2. The summed E-state index contributed by atoms with van der Waals surface area (Å²) in [5, 5.41) is 0.372. The number of carbonyl (C=O) groups excluding carboxylic acids is 1. The lowest BCUT2D eigenvalue weighted by molar-refractivity contribution is -0.104. The maximum Gasteiger partial charge on any atom is 0.250 e. The number of rotatable bonds is 6. The van der Waals surface area contributed by atoms with Crippen LogP contribution in [-0.2, 0) is 15.6 Å². The molecule has 0 bridgehead atoms. The molecule has 0 aromatic heterocycles. The first-order valence-corrected chi connectivity index (χ1v) is 20.9. The zero-order valence-corrected chi connectivity index (χ0v) is 28.2. The second-order valence-corrected chi connectivity index (χ2v) is 25.3. The Bertz CT molecular complexity index is 1070. The van der Waals surface area contributed by atoms with Crippen molar-refractivity contribution in [3.63, 3.8) is 0 Å². The molecule has 0 unspecified atom stereocenters. The number of hydrogen-bond acceptors (Lipinski definition) is 3. The fourth-order valence-electron chi connectivity index (χ4n) is 7.08. The van der Waals surface area contributed by atoms with E-state index in [2.05, 4.69) is 86.8 Å². The zero-order chi connectivity index (χ0) is 28.3. The second-order valence-electron chi connectivity index (χ2n) is 15.9. The molecule has 5 heteroatoms. The highest BCUT2D eigenvalue weighted by atomic mass is 28.4. The van der Waals surface area contributed by atoms with Crippen molar-refractivity contribution in [3.8, 4) is 5.75 Å². The minimum atomic E-state index is -2.00. The molecule has 0 aliphatic heterocycles. The molecule has 3 aliphatic rings. The summed E-state index contributed by atoms with van der Waals surface area (Å²) in [4.78, 5) is 11.3. The lowest BCUT2D eigenvalue weighted by atomic mass is 9.55. The first kappa shape index (κ1) is 29.8. The third-order valence-electron chi connectivity index (χ3n) is 11.5. The van der Waals surface area contributed by atoms with E-state index in [0.29, 0.717) is 17.4 Å². The van der Waals surface area contributed by atoms with Crippen LogP contribution >= 0.6 is 0 Å². The smallest absolute Gasteiger partial charge is 0.250 e. The van der Waals surface area contributed by atoms with Crippen LogP contribution in [0.1, 0.15) is 103 Å². The third kappa shape index (κ3) is 5.28. The van der Waals surface area contributed by atoms with Gasteiger partial charge in [-0.25, -0.2) is 0 Å². The van der Waals surface area contributed by atoms with Gasteiger partial charge in [0.25, 0.3) is 8.32 Å². The predicted octanol–water partition coefficient (Wildman–Crippen LogP) is 9.53. The highest BCUT2D eigenvalue weighted by molar-refractivity contribution is 6.75. The van der Waals surface area contributed by atoms with Gasteiger partial charge in [-0.05, 0) is 133 Å². The Labute approximate surface area is 235 Å². The number of aryl methyl sites for hydroxylation is 1. The minimum absolute atomic E-state index is 0.124. The summed E-state index contributed by atoms with van der Waals surface area (Å²) in [5.74, 6) is 3.04. The Morgan fingerprint density at radius 2 is 1.58 bits per heavy atom. The van der Waals surface area contributed by atoms with E-state index in [4.69, 9.17) is 8.85 Å². The van der Waals surface area contributed by atoms with E-state index in [1.165, 1.54) is 43.2 Å². The molecule has 0 amide bonds. The lowest BCUT2D eigenvalue weighted by Crippen LogP contribution is -2.50. The summed E-state index contributed by atoms with van der Waals surface area (Å²) in [6.45, 7) is 26.0. The van der Waals surface area contributed by atoms with Gasteiger partial charge < -0.3 is 8.85 Å². The van der Waals surface area contributed by atoms with Gasteiger partial charge in [-0.15, -0.1) is 0 Å². The van der Waals surface area contributed by atoms with Gasteiger partial charge in [0.1, 0.15) is 12.0 Å². The number of hydrogen-bond donors (Lipinski definition) is 0. The predicted molar refractivity (Wildman–Crippen MR) is 166 cm³/mol. The van der Waals surface area contributed by atoms with Crippen molar-refractivity contribution < 1.29 is 13.6 Å². The third-order valence-corrected chi connectivity index (χ3v) is 20.4. The molecule has 1 aromatic rings. The maximum absolute atomic E-state index is 11.3. The minimum Gasteiger partial charge on any atom is -0.543 e. The average molecular weight is 555 g/mol. The molecule has 0 saturated heterocycles. The van der Waals surface area contributed by atoms with Gasteiger partial charge in [-0.2, -0.15) is 0 Å². The van der Waals surface area contributed by atoms with E-state index in [9.17, 15) is 4.79 Å². The van der Waals surface area contributed by atoms with Crippen LogP contribution in [0.5, 0.6) is 5.75 Å². The lowest BCUT2D eigenvalue weighted by Gasteiger charge is -2.52. The normalized spacial score (nSPS) is 30.1. The number of allylic oxidation sites excluding steroid dienone is 1. The van der Waals surface area contributed by atoms with Crippen molar-refractivity contribution in [2.24, 2.45) is 17.3 Å². The van der Waals surface area contributed by atoms with Crippen molar-refractivity contribution in [1.29, 1.82) is 0 Å². The first-order chi connectivity index (χ1) is 17.4. The van der Waals surface area contributed by atoms with Crippen LogP contribution in [0.2, 0.25) is 36.3 Å². The van der Waals surface area contributed by atoms with Crippen LogP contribution in [0, 0.1) is 17.3 Å². The molecule has 212 valence electrons. The summed E-state index contributed by atoms with van der Waals surface area (Å²) < 4.78 is 14.0. The number of benzene rings is 1. The highest BCUT2D eigenvalue weighted by Crippen LogP contribution is 2.62. The molecule has 38 heavy (non-hydrogen) atoms. The van der Waals surface area contributed by atoms with Crippen molar-refractivity contribution >= 4 is 29.0 Å². The molecule has 3 aliphatic carbocycles. The molecule has 0 spiro atoms. The van der Waals surface area contributed by atoms with Gasteiger partial charge in [0, 0.05) is 5.56 Å². The van der Waals surface area contributed by atoms with Gasteiger partial charge in [0.05, 0.1) is 6.10 Å². The summed E-state index contributed by atoms with van der Waals surface area (Å²) in [6, 6.07) is 4.72. The molecule has 1 aromatic carbocycles. The standard InChI is InChI=1S/C33H54O3Si2/c1-31(2,3)37(8,9)35-29-22-23-14-15-26-25(27(23)21-24(29)13-12-20-34)18-19-33(7)28(26)16-17-30(33)36-38(10,11)32(4,5)6/h12-13,20-22,25-26,28,30H,14-19H2,1-11H3/b13-12+/t25-,26+,28-,30-,33-/m0/s1. The van der Waals surface area contributed by atoms with Gasteiger partial charge in [-0.1, -0.05) is 48.5 Å². The van der Waals surface area contributed by atoms with Gasteiger partial charge in [0.15, 0.2) is 8.32 Å². The largest absolute Gasteiger partial charge is 0.543 e. The first-order valence-electron chi connectivity index (χ1n) is 15.1. The Morgan fingerprint density at radius 3 is 2.18 bits per heavy atom. The fourth-order valence-corrected chi connectivity index (χ4v) is 9.57. The highest BCUT2D eigenvalue weighted by Gasteiger charge is 2.57. The Morgan fingerprint density at radius 1 is 0.921 bits per heavy atom. The van der Waals surface area contributed by atoms with Gasteiger partial charge >= 0.3 is 0 Å². The Kier molecular flexibility index (Phi) is 7.86. The molecule has 5 atom stereocenters. The monoisotopic (exact) mass is 554 g/mol. The summed E-state index contributed by atoms with van der Waals surface area (Å²) in [6.07, 6.45) is 12.3. The van der Waals surface area contributed by atoms with Crippen LogP contribution in [0.25, 0.3) is 6.08 Å². The Hall–Kier alpha value is -1.18. The van der Waals surface area contributed by atoms with E-state index in [1.807, 2.05) is 6.08 Å². The molecule has 0 N–H and O–H groups in total. The number of fused-ring (bicyclic) bond motifs is 5. The maximum atomic E-state index is 11.3. The van der Waals surface area contributed by atoms with Crippen LogP contribution in [0.15, 0.2) is 18.2 Å². The summed E-state index contributed by atoms with van der Waals surface area (Å²) in [5.41, 5.74) is 4.35. The molecule has 3 nitrogen and oxygen atoms in total. The van der Waals surface area contributed by atoms with E-state index in [-0.39, 0.29) is 10.1 Å². The molecule has 0 radical (unpaired) electrons.